The van der Waals surface area contributed by atoms with E-state index in [1.807, 2.05) is 45.0 Å². The van der Waals surface area contributed by atoms with Crippen LogP contribution < -0.4 is 15.4 Å². The number of aromatic nitrogens is 2. The molecule has 26 heavy (non-hydrogen) atoms. The van der Waals surface area contributed by atoms with Crippen molar-refractivity contribution in [3.63, 3.8) is 0 Å². The molecule has 0 fully saturated rings. The molecule has 2 rings (SSSR count). The molecular formula is C18H25N5O2S. The standard InChI is InChI=1S/C18H25N5O2S/c1-4-19-17-13-18(23-15(3)22-17)20-10-11-21-26(24,25)12-9-16-7-5-14(2)6-8-16/h5-9,12-13,21H,4,10-11H2,1-3H3,(H2,19,20,22,23)/b12-9+. The summed E-state index contributed by atoms with van der Waals surface area (Å²) in [6.07, 6.45) is 1.58. The molecule has 0 spiro atoms. The van der Waals surface area contributed by atoms with Crippen molar-refractivity contribution in [2.75, 3.05) is 30.3 Å². The van der Waals surface area contributed by atoms with Crippen molar-refractivity contribution in [2.45, 2.75) is 20.8 Å². The van der Waals surface area contributed by atoms with Gasteiger partial charge in [-0.1, -0.05) is 29.8 Å². The molecule has 2 aromatic rings. The van der Waals surface area contributed by atoms with Crippen LogP contribution in [0.3, 0.4) is 0 Å². The number of nitrogens with zero attached hydrogens (tertiary/aromatic N) is 2. The van der Waals surface area contributed by atoms with Crippen molar-refractivity contribution in [3.05, 3.63) is 52.7 Å². The van der Waals surface area contributed by atoms with E-state index in [-0.39, 0.29) is 6.54 Å². The first kappa shape index (κ1) is 19.9. The quantitative estimate of drug-likeness (QED) is 0.583. The highest BCUT2D eigenvalue weighted by Crippen LogP contribution is 2.10. The van der Waals surface area contributed by atoms with E-state index in [4.69, 9.17) is 0 Å². The van der Waals surface area contributed by atoms with Crippen LogP contribution in [0.1, 0.15) is 23.9 Å². The van der Waals surface area contributed by atoms with Gasteiger partial charge >= 0.3 is 0 Å². The first-order valence-electron chi connectivity index (χ1n) is 8.46. The van der Waals surface area contributed by atoms with Crippen LogP contribution in [-0.2, 0) is 10.0 Å². The number of rotatable bonds is 9. The largest absolute Gasteiger partial charge is 0.370 e. The van der Waals surface area contributed by atoms with Crippen LogP contribution in [0.5, 0.6) is 0 Å². The van der Waals surface area contributed by atoms with E-state index in [1.54, 1.807) is 12.1 Å². The van der Waals surface area contributed by atoms with Gasteiger partial charge in [-0.3, -0.25) is 0 Å². The van der Waals surface area contributed by atoms with E-state index in [9.17, 15) is 8.42 Å². The third-order valence-electron chi connectivity index (χ3n) is 3.45. The third kappa shape index (κ3) is 6.81. The molecule has 1 heterocycles. The van der Waals surface area contributed by atoms with E-state index in [0.717, 1.165) is 23.5 Å². The van der Waals surface area contributed by atoms with E-state index in [1.165, 1.54) is 5.41 Å². The van der Waals surface area contributed by atoms with Gasteiger partial charge in [0.05, 0.1) is 0 Å². The lowest BCUT2D eigenvalue weighted by molar-refractivity contribution is 0.592. The van der Waals surface area contributed by atoms with Gasteiger partial charge in [0.15, 0.2) is 0 Å². The second kappa shape index (κ2) is 9.30. The van der Waals surface area contributed by atoms with Crippen molar-refractivity contribution in [3.8, 4) is 0 Å². The number of aryl methyl sites for hydroxylation is 2. The van der Waals surface area contributed by atoms with Crippen LogP contribution in [0.25, 0.3) is 6.08 Å². The lowest BCUT2D eigenvalue weighted by atomic mass is 10.2. The molecule has 1 aromatic heterocycles. The maximum absolute atomic E-state index is 12.0. The number of hydrogen-bond donors (Lipinski definition) is 3. The fourth-order valence-electron chi connectivity index (χ4n) is 2.21. The normalized spacial score (nSPS) is 11.7. The number of hydrogen-bond acceptors (Lipinski definition) is 6. The summed E-state index contributed by atoms with van der Waals surface area (Å²) < 4.78 is 26.6. The Morgan fingerprint density at radius 2 is 1.65 bits per heavy atom. The highest BCUT2D eigenvalue weighted by atomic mass is 32.2. The van der Waals surface area contributed by atoms with Gasteiger partial charge in [-0.25, -0.2) is 23.1 Å². The minimum atomic E-state index is -3.48. The van der Waals surface area contributed by atoms with Crippen LogP contribution in [-0.4, -0.2) is 38.0 Å². The van der Waals surface area contributed by atoms with Crippen molar-refractivity contribution in [2.24, 2.45) is 0 Å². The Hall–Kier alpha value is -2.45. The zero-order chi connectivity index (χ0) is 19.0. The monoisotopic (exact) mass is 375 g/mol. The Labute approximate surface area is 155 Å². The molecule has 0 atom stereocenters. The molecule has 0 aliphatic rings. The number of benzene rings is 1. The molecule has 3 N–H and O–H groups in total. The average molecular weight is 375 g/mol. The number of nitrogens with one attached hydrogen (secondary N) is 3. The third-order valence-corrected chi connectivity index (χ3v) is 4.55. The Morgan fingerprint density at radius 3 is 2.31 bits per heavy atom. The molecule has 0 aliphatic carbocycles. The molecule has 0 saturated carbocycles. The molecule has 0 radical (unpaired) electrons. The summed E-state index contributed by atoms with van der Waals surface area (Å²) in [5, 5.41) is 7.40. The van der Waals surface area contributed by atoms with Crippen molar-refractivity contribution in [1.29, 1.82) is 0 Å². The molecule has 1 aromatic carbocycles. The Morgan fingerprint density at radius 1 is 1.00 bits per heavy atom. The predicted molar refractivity (Wildman–Crippen MR) is 107 cm³/mol. The van der Waals surface area contributed by atoms with Crippen LogP contribution in [0, 0.1) is 13.8 Å². The van der Waals surface area contributed by atoms with Gasteiger partial charge < -0.3 is 10.6 Å². The van der Waals surface area contributed by atoms with Crippen LogP contribution >= 0.6 is 0 Å². The molecule has 8 heteroatoms. The molecule has 7 nitrogen and oxygen atoms in total. The van der Waals surface area contributed by atoms with Gasteiger partial charge in [-0.2, -0.15) is 0 Å². The van der Waals surface area contributed by atoms with Crippen molar-refractivity contribution in [1.82, 2.24) is 14.7 Å². The summed E-state index contributed by atoms with van der Waals surface area (Å²) in [6, 6.07) is 9.43. The Balaban J connectivity index is 1.84. The maximum Gasteiger partial charge on any atom is 0.233 e. The summed E-state index contributed by atoms with van der Waals surface area (Å²) in [5.41, 5.74) is 1.97. The topological polar surface area (TPSA) is 96.0 Å². The highest BCUT2D eigenvalue weighted by Gasteiger charge is 2.05. The zero-order valence-electron chi connectivity index (χ0n) is 15.3. The second-order valence-corrected chi connectivity index (χ2v) is 7.45. The minimum absolute atomic E-state index is 0.250. The first-order valence-corrected chi connectivity index (χ1v) is 10.0. The molecule has 0 aliphatic heterocycles. The van der Waals surface area contributed by atoms with E-state index in [2.05, 4.69) is 25.3 Å². The highest BCUT2D eigenvalue weighted by molar-refractivity contribution is 7.92. The first-order chi connectivity index (χ1) is 12.4. The average Bonchev–Trinajstić information content (AvgIpc) is 2.58. The predicted octanol–water partition coefficient (Wildman–Crippen LogP) is 2.53. The van der Waals surface area contributed by atoms with Gasteiger partial charge in [0.25, 0.3) is 0 Å². The molecular weight excluding hydrogens is 350 g/mol. The van der Waals surface area contributed by atoms with Gasteiger partial charge in [0, 0.05) is 31.1 Å². The maximum atomic E-state index is 12.0. The van der Waals surface area contributed by atoms with E-state index < -0.39 is 10.0 Å². The van der Waals surface area contributed by atoms with Gasteiger partial charge in [-0.15, -0.1) is 0 Å². The Bertz CT molecular complexity index is 848. The molecule has 0 unspecified atom stereocenters. The fraction of sp³-hybridized carbons (Fsp3) is 0.333. The SMILES string of the molecule is CCNc1cc(NCCNS(=O)(=O)/C=C/c2ccc(C)cc2)nc(C)n1. The lowest BCUT2D eigenvalue weighted by Crippen LogP contribution is -2.27. The fourth-order valence-corrected chi connectivity index (χ4v) is 3.03. The Kier molecular flexibility index (Phi) is 7.11. The summed E-state index contributed by atoms with van der Waals surface area (Å²) >= 11 is 0. The molecule has 140 valence electrons. The molecule has 0 amide bonds. The van der Waals surface area contributed by atoms with Crippen LogP contribution in [0.4, 0.5) is 11.6 Å². The summed E-state index contributed by atoms with van der Waals surface area (Å²) in [4.78, 5) is 8.55. The molecule has 0 bridgehead atoms. The summed E-state index contributed by atoms with van der Waals surface area (Å²) in [7, 11) is -3.48. The summed E-state index contributed by atoms with van der Waals surface area (Å²) in [6.45, 7) is 7.22. The number of anilines is 2. The number of sulfonamides is 1. The van der Waals surface area contributed by atoms with Gasteiger partial charge in [-0.05, 0) is 32.4 Å². The molecule has 0 saturated heterocycles. The summed E-state index contributed by atoms with van der Waals surface area (Å²) in [5.74, 6) is 2.04. The smallest absolute Gasteiger partial charge is 0.233 e. The van der Waals surface area contributed by atoms with Crippen LogP contribution in [0.2, 0.25) is 0 Å². The van der Waals surface area contributed by atoms with Gasteiger partial charge in [0.2, 0.25) is 10.0 Å². The zero-order valence-corrected chi connectivity index (χ0v) is 16.1. The van der Waals surface area contributed by atoms with Crippen LogP contribution in [0.15, 0.2) is 35.7 Å². The lowest BCUT2D eigenvalue weighted by Gasteiger charge is -2.09. The minimum Gasteiger partial charge on any atom is -0.370 e. The van der Waals surface area contributed by atoms with E-state index in [0.29, 0.717) is 18.2 Å². The van der Waals surface area contributed by atoms with Crippen molar-refractivity contribution < 1.29 is 8.42 Å². The van der Waals surface area contributed by atoms with E-state index >= 15 is 0 Å². The van der Waals surface area contributed by atoms with Crippen molar-refractivity contribution >= 4 is 27.7 Å². The second-order valence-electron chi connectivity index (χ2n) is 5.80. The van der Waals surface area contributed by atoms with Gasteiger partial charge in [0.1, 0.15) is 17.5 Å².